The third-order valence-electron chi connectivity index (χ3n) is 3.92. The summed E-state index contributed by atoms with van der Waals surface area (Å²) < 4.78 is 5.75. The zero-order valence-corrected chi connectivity index (χ0v) is 14.2. The molecule has 0 radical (unpaired) electrons. The number of likely N-dealkylation sites (tertiary alicyclic amines) is 1. The van der Waals surface area contributed by atoms with Crippen LogP contribution in [0.1, 0.15) is 66.2 Å². The third-order valence-corrected chi connectivity index (χ3v) is 3.92. The van der Waals surface area contributed by atoms with Crippen LogP contribution in [0.4, 0.5) is 0 Å². The number of piperidine rings is 1. The van der Waals surface area contributed by atoms with Crippen LogP contribution in [0, 0.1) is 0 Å². The minimum atomic E-state index is 0.266. The van der Waals surface area contributed by atoms with Gasteiger partial charge in [0.2, 0.25) is 0 Å². The van der Waals surface area contributed by atoms with Gasteiger partial charge >= 0.3 is 0 Å². The van der Waals surface area contributed by atoms with E-state index in [-0.39, 0.29) is 5.54 Å². The lowest BCUT2D eigenvalue weighted by Gasteiger charge is -2.32. The summed E-state index contributed by atoms with van der Waals surface area (Å²) in [5.41, 5.74) is 0.266. The molecule has 1 N–H and O–H groups in total. The fourth-order valence-corrected chi connectivity index (χ4v) is 2.87. The molecule has 1 aliphatic rings. The van der Waals surface area contributed by atoms with E-state index < -0.39 is 0 Å². The summed E-state index contributed by atoms with van der Waals surface area (Å²) in [6.07, 6.45) is 8.41. The predicted octanol–water partition coefficient (Wildman–Crippen LogP) is 3.44. The first-order valence-corrected chi connectivity index (χ1v) is 8.60. The molecule has 1 fully saturated rings. The van der Waals surface area contributed by atoms with E-state index in [9.17, 15) is 0 Å². The van der Waals surface area contributed by atoms with Gasteiger partial charge in [0.15, 0.2) is 0 Å². The maximum absolute atomic E-state index is 5.75. The van der Waals surface area contributed by atoms with Crippen molar-refractivity contribution in [1.29, 1.82) is 0 Å². The second-order valence-electron chi connectivity index (χ2n) is 7.11. The van der Waals surface area contributed by atoms with Crippen molar-refractivity contribution in [3.8, 4) is 0 Å². The van der Waals surface area contributed by atoms with Gasteiger partial charge in [-0.1, -0.05) is 12.8 Å². The number of nitrogens with one attached hydrogen (secondary N) is 1. The molecule has 3 heteroatoms. The fraction of sp³-hybridized carbons (Fsp3) is 1.00. The summed E-state index contributed by atoms with van der Waals surface area (Å²) in [4.78, 5) is 2.59. The lowest BCUT2D eigenvalue weighted by Crippen LogP contribution is -2.40. The number of nitrogens with zero attached hydrogens (tertiary/aromatic N) is 1. The number of hydrogen-bond acceptors (Lipinski definition) is 3. The van der Waals surface area contributed by atoms with Crippen LogP contribution in [0.15, 0.2) is 0 Å². The number of rotatable bonds is 9. The molecule has 120 valence electrons. The topological polar surface area (TPSA) is 24.5 Å². The van der Waals surface area contributed by atoms with Crippen molar-refractivity contribution in [1.82, 2.24) is 10.2 Å². The van der Waals surface area contributed by atoms with Gasteiger partial charge in [0.25, 0.3) is 0 Å². The van der Waals surface area contributed by atoms with Crippen LogP contribution in [0.25, 0.3) is 0 Å². The van der Waals surface area contributed by atoms with Gasteiger partial charge < -0.3 is 15.0 Å². The van der Waals surface area contributed by atoms with E-state index in [0.717, 1.165) is 19.7 Å². The summed E-state index contributed by atoms with van der Waals surface area (Å²) in [5, 5.41) is 3.56. The Labute approximate surface area is 126 Å². The molecule has 20 heavy (non-hydrogen) atoms. The molecule has 0 aromatic carbocycles. The van der Waals surface area contributed by atoms with Crippen molar-refractivity contribution in [2.75, 3.05) is 32.8 Å². The van der Waals surface area contributed by atoms with E-state index in [4.69, 9.17) is 4.74 Å². The summed E-state index contributed by atoms with van der Waals surface area (Å²) in [7, 11) is 0. The molecule has 1 heterocycles. The maximum Gasteiger partial charge on any atom is 0.0702 e. The van der Waals surface area contributed by atoms with E-state index >= 15 is 0 Å². The summed E-state index contributed by atoms with van der Waals surface area (Å²) in [6, 6.07) is 0. The molecule has 1 rings (SSSR count). The molecule has 3 nitrogen and oxygen atoms in total. The Kier molecular flexibility index (Phi) is 8.74. The normalized spacial score (nSPS) is 21.3. The first-order chi connectivity index (χ1) is 9.51. The third kappa shape index (κ3) is 8.93. The first-order valence-electron chi connectivity index (χ1n) is 8.60. The lowest BCUT2D eigenvalue weighted by atomic mass is 10.1. The summed E-state index contributed by atoms with van der Waals surface area (Å²) in [5.74, 6) is 0. The second kappa shape index (κ2) is 9.75. The van der Waals surface area contributed by atoms with Crippen molar-refractivity contribution in [3.05, 3.63) is 0 Å². The largest absolute Gasteiger partial charge is 0.377 e. The van der Waals surface area contributed by atoms with Crippen LogP contribution >= 0.6 is 0 Å². The van der Waals surface area contributed by atoms with Crippen LogP contribution in [0.5, 0.6) is 0 Å². The molecule has 0 amide bonds. The highest BCUT2D eigenvalue weighted by molar-refractivity contribution is 4.73. The molecular weight excluding hydrogens is 248 g/mol. The van der Waals surface area contributed by atoms with Crippen LogP contribution in [0.3, 0.4) is 0 Å². The Morgan fingerprint density at radius 2 is 1.90 bits per heavy atom. The molecule has 0 aromatic heterocycles. The molecule has 0 aromatic rings. The minimum Gasteiger partial charge on any atom is -0.377 e. The fourth-order valence-electron chi connectivity index (χ4n) is 2.87. The molecule has 0 aliphatic carbocycles. The Morgan fingerprint density at radius 3 is 2.60 bits per heavy atom. The van der Waals surface area contributed by atoms with Gasteiger partial charge in [0.05, 0.1) is 6.10 Å². The average Bonchev–Trinajstić information content (AvgIpc) is 2.37. The van der Waals surface area contributed by atoms with Gasteiger partial charge in [-0.25, -0.2) is 0 Å². The molecular formula is C17H36N2O. The van der Waals surface area contributed by atoms with Crippen LogP contribution in [-0.4, -0.2) is 49.3 Å². The molecule has 1 aliphatic heterocycles. The number of ether oxygens (including phenoxy) is 1. The van der Waals surface area contributed by atoms with Crippen molar-refractivity contribution < 1.29 is 4.74 Å². The van der Waals surface area contributed by atoms with Gasteiger partial charge in [0.1, 0.15) is 0 Å². The van der Waals surface area contributed by atoms with E-state index in [1.165, 1.54) is 51.6 Å². The highest BCUT2D eigenvalue weighted by Crippen LogP contribution is 2.14. The Hall–Kier alpha value is -0.120. The van der Waals surface area contributed by atoms with Gasteiger partial charge in [0, 0.05) is 18.7 Å². The molecule has 0 spiro atoms. The van der Waals surface area contributed by atoms with Gasteiger partial charge in [-0.05, 0) is 73.0 Å². The summed E-state index contributed by atoms with van der Waals surface area (Å²) in [6.45, 7) is 14.5. The zero-order chi connectivity index (χ0) is 14.8. The van der Waals surface area contributed by atoms with Gasteiger partial charge in [-0.15, -0.1) is 0 Å². The van der Waals surface area contributed by atoms with Crippen LogP contribution < -0.4 is 5.32 Å². The first kappa shape index (κ1) is 17.9. The monoisotopic (exact) mass is 284 g/mol. The van der Waals surface area contributed by atoms with E-state index in [2.05, 4.69) is 37.9 Å². The number of unbranched alkanes of at least 4 members (excludes halogenated alkanes) is 3. The smallest absolute Gasteiger partial charge is 0.0702 e. The van der Waals surface area contributed by atoms with Crippen LogP contribution in [0.2, 0.25) is 0 Å². The number of hydrogen-bond donors (Lipinski definition) is 1. The van der Waals surface area contributed by atoms with Gasteiger partial charge in [-0.3, -0.25) is 0 Å². The van der Waals surface area contributed by atoms with Crippen LogP contribution in [-0.2, 0) is 4.74 Å². The zero-order valence-electron chi connectivity index (χ0n) is 14.2. The van der Waals surface area contributed by atoms with E-state index in [1.54, 1.807) is 0 Å². The minimum absolute atomic E-state index is 0.266. The molecule has 1 unspecified atom stereocenters. The summed E-state index contributed by atoms with van der Waals surface area (Å²) >= 11 is 0. The quantitative estimate of drug-likeness (QED) is 0.656. The standard InChI is InChI=1S/C17H36N2O/c1-5-20-16-11-10-14-19(15-16)13-9-7-6-8-12-18-17(2,3)4/h16,18H,5-15H2,1-4H3. The van der Waals surface area contributed by atoms with Crippen molar-refractivity contribution >= 4 is 0 Å². The maximum atomic E-state index is 5.75. The highest BCUT2D eigenvalue weighted by atomic mass is 16.5. The van der Waals surface area contributed by atoms with Crippen molar-refractivity contribution in [2.45, 2.75) is 77.9 Å². The van der Waals surface area contributed by atoms with Crippen molar-refractivity contribution in [2.24, 2.45) is 0 Å². The lowest BCUT2D eigenvalue weighted by molar-refractivity contribution is 0.00558. The SMILES string of the molecule is CCOC1CCCN(CCCCCCNC(C)(C)C)C1. The highest BCUT2D eigenvalue weighted by Gasteiger charge is 2.19. The van der Waals surface area contributed by atoms with Gasteiger partial charge in [-0.2, -0.15) is 0 Å². The molecule has 0 saturated carbocycles. The van der Waals surface area contributed by atoms with E-state index in [0.29, 0.717) is 6.10 Å². The molecule has 1 atom stereocenters. The Balaban J connectivity index is 1.95. The molecule has 1 saturated heterocycles. The average molecular weight is 284 g/mol. The molecule has 0 bridgehead atoms. The van der Waals surface area contributed by atoms with E-state index in [1.807, 2.05) is 0 Å². The predicted molar refractivity (Wildman–Crippen MR) is 87.3 cm³/mol. The Bertz CT molecular complexity index is 236. The second-order valence-corrected chi connectivity index (χ2v) is 7.11. The Morgan fingerprint density at radius 1 is 1.15 bits per heavy atom. The van der Waals surface area contributed by atoms with Crippen molar-refractivity contribution in [3.63, 3.8) is 0 Å².